The smallest absolute Gasteiger partial charge is 0.265 e. The molecular formula is C23H27N3O6S. The average molecular weight is 474 g/mol. The maximum Gasteiger partial charge on any atom is 0.265 e. The first-order chi connectivity index (χ1) is 15.7. The molecule has 1 saturated heterocycles. The number of hydrogen-bond donors (Lipinski definition) is 2. The zero-order chi connectivity index (χ0) is 23.8. The molecule has 33 heavy (non-hydrogen) atoms. The van der Waals surface area contributed by atoms with E-state index >= 15 is 0 Å². The van der Waals surface area contributed by atoms with Crippen molar-refractivity contribution in [3.63, 3.8) is 0 Å². The van der Waals surface area contributed by atoms with E-state index < -0.39 is 22.2 Å². The minimum atomic E-state index is -3.96. The maximum atomic E-state index is 13.5. The summed E-state index contributed by atoms with van der Waals surface area (Å²) >= 11 is 0. The first-order valence-corrected chi connectivity index (χ1v) is 12.2. The van der Waals surface area contributed by atoms with Gasteiger partial charge in [-0.25, -0.2) is 8.42 Å². The standard InChI is InChI=1S/C23H27N3O6S/c1-14-10-18-20(32-15(2)22(27)25-18)12-21(14)33(29,30)26-9-5-8-19(26)23(28)24-13-16-6-4-7-17(11-16)31-3/h4,6-7,10-12,15,19H,5,8-9,13H2,1-3H3,(H,24,28)(H,25,27). The van der Waals surface area contributed by atoms with E-state index in [4.69, 9.17) is 9.47 Å². The van der Waals surface area contributed by atoms with Crippen LogP contribution < -0.4 is 20.1 Å². The fourth-order valence-electron chi connectivity index (χ4n) is 4.13. The van der Waals surface area contributed by atoms with Crippen molar-refractivity contribution in [1.82, 2.24) is 9.62 Å². The van der Waals surface area contributed by atoms with Gasteiger partial charge in [0.1, 0.15) is 17.5 Å². The van der Waals surface area contributed by atoms with Gasteiger partial charge in [-0.05, 0) is 56.0 Å². The van der Waals surface area contributed by atoms with Gasteiger partial charge in [0.05, 0.1) is 17.7 Å². The first kappa shape index (κ1) is 23.1. The predicted molar refractivity (Wildman–Crippen MR) is 122 cm³/mol. The third-order valence-electron chi connectivity index (χ3n) is 5.90. The van der Waals surface area contributed by atoms with Gasteiger partial charge < -0.3 is 20.1 Å². The second kappa shape index (κ2) is 9.03. The molecule has 2 N–H and O–H groups in total. The van der Waals surface area contributed by atoms with Crippen molar-refractivity contribution >= 4 is 27.5 Å². The summed E-state index contributed by atoms with van der Waals surface area (Å²) in [6.45, 7) is 3.77. The Labute approximate surface area is 193 Å². The Kier molecular flexibility index (Phi) is 6.31. The van der Waals surface area contributed by atoms with Crippen LogP contribution >= 0.6 is 0 Å². The van der Waals surface area contributed by atoms with Crippen LogP contribution in [0.2, 0.25) is 0 Å². The lowest BCUT2D eigenvalue weighted by Gasteiger charge is -2.27. The number of nitrogens with one attached hydrogen (secondary N) is 2. The molecule has 2 aromatic carbocycles. The van der Waals surface area contributed by atoms with Gasteiger partial charge in [-0.15, -0.1) is 0 Å². The molecule has 0 bridgehead atoms. The number of carbonyl (C=O) groups excluding carboxylic acids is 2. The minimum absolute atomic E-state index is 0.0668. The van der Waals surface area contributed by atoms with Gasteiger partial charge in [0.25, 0.3) is 5.91 Å². The Morgan fingerprint density at radius 3 is 2.85 bits per heavy atom. The first-order valence-electron chi connectivity index (χ1n) is 10.8. The van der Waals surface area contributed by atoms with Gasteiger partial charge in [0.15, 0.2) is 6.10 Å². The zero-order valence-corrected chi connectivity index (χ0v) is 19.6. The molecule has 2 aromatic rings. The van der Waals surface area contributed by atoms with Gasteiger partial charge in [-0.3, -0.25) is 9.59 Å². The monoisotopic (exact) mass is 473 g/mol. The van der Waals surface area contributed by atoms with E-state index in [9.17, 15) is 18.0 Å². The average Bonchev–Trinajstić information content (AvgIpc) is 3.29. The number of sulfonamides is 1. The lowest BCUT2D eigenvalue weighted by molar-refractivity contribution is -0.124. The molecule has 4 rings (SSSR count). The van der Waals surface area contributed by atoms with E-state index in [-0.39, 0.29) is 29.8 Å². The third kappa shape index (κ3) is 4.53. The molecule has 176 valence electrons. The summed E-state index contributed by atoms with van der Waals surface area (Å²) in [5.74, 6) is 0.350. The molecule has 0 aliphatic carbocycles. The quantitative estimate of drug-likeness (QED) is 0.665. The van der Waals surface area contributed by atoms with Crippen molar-refractivity contribution in [2.75, 3.05) is 19.0 Å². The molecule has 2 amide bonds. The topological polar surface area (TPSA) is 114 Å². The summed E-state index contributed by atoms with van der Waals surface area (Å²) in [4.78, 5) is 24.9. The Morgan fingerprint density at radius 1 is 1.30 bits per heavy atom. The molecule has 0 aromatic heterocycles. The summed E-state index contributed by atoms with van der Waals surface area (Å²) in [6.07, 6.45) is 0.304. The molecule has 10 heteroatoms. The molecular weight excluding hydrogens is 446 g/mol. The molecule has 2 atom stereocenters. The number of ether oxygens (including phenoxy) is 2. The van der Waals surface area contributed by atoms with E-state index in [1.54, 1.807) is 27.0 Å². The molecule has 2 aliphatic heterocycles. The summed E-state index contributed by atoms with van der Waals surface area (Å²) in [6, 6.07) is 9.54. The summed E-state index contributed by atoms with van der Waals surface area (Å²) in [7, 11) is -2.39. The number of hydrogen-bond acceptors (Lipinski definition) is 6. The number of carbonyl (C=O) groups is 2. The Balaban J connectivity index is 1.54. The zero-order valence-electron chi connectivity index (χ0n) is 18.8. The van der Waals surface area contributed by atoms with Crippen molar-refractivity contribution in [3.8, 4) is 11.5 Å². The predicted octanol–water partition coefficient (Wildman–Crippen LogP) is 2.19. The van der Waals surface area contributed by atoms with E-state index in [2.05, 4.69) is 10.6 Å². The molecule has 2 unspecified atom stereocenters. The van der Waals surface area contributed by atoms with Crippen LogP contribution in [0.3, 0.4) is 0 Å². The highest BCUT2D eigenvalue weighted by Gasteiger charge is 2.40. The van der Waals surface area contributed by atoms with Crippen molar-refractivity contribution in [2.45, 2.75) is 50.3 Å². The molecule has 0 spiro atoms. The fourth-order valence-corrected chi connectivity index (χ4v) is 6.01. The second-order valence-electron chi connectivity index (χ2n) is 8.21. The third-order valence-corrected chi connectivity index (χ3v) is 7.95. The number of aryl methyl sites for hydroxylation is 1. The molecule has 0 radical (unpaired) electrons. The van der Waals surface area contributed by atoms with Gasteiger partial charge in [-0.2, -0.15) is 4.31 Å². The number of nitrogens with zero attached hydrogens (tertiary/aromatic N) is 1. The normalized spacial score (nSPS) is 20.5. The molecule has 2 aliphatic rings. The van der Waals surface area contributed by atoms with Crippen LogP contribution in [-0.2, 0) is 26.2 Å². The summed E-state index contributed by atoms with van der Waals surface area (Å²) in [5.41, 5.74) is 1.76. The maximum absolute atomic E-state index is 13.5. The Bertz CT molecular complexity index is 1200. The van der Waals surface area contributed by atoms with E-state index in [1.165, 1.54) is 10.4 Å². The van der Waals surface area contributed by atoms with E-state index in [0.29, 0.717) is 35.6 Å². The molecule has 1 fully saturated rings. The van der Waals surface area contributed by atoms with E-state index in [0.717, 1.165) is 5.56 Å². The number of rotatable bonds is 6. The molecule has 9 nitrogen and oxygen atoms in total. The van der Waals surface area contributed by atoms with Crippen molar-refractivity contribution in [1.29, 1.82) is 0 Å². The van der Waals surface area contributed by atoms with Crippen molar-refractivity contribution in [3.05, 3.63) is 47.5 Å². The van der Waals surface area contributed by atoms with Gasteiger partial charge in [-0.1, -0.05) is 12.1 Å². The van der Waals surface area contributed by atoms with Crippen molar-refractivity contribution in [2.24, 2.45) is 0 Å². The Hall–Kier alpha value is -3.11. The molecule has 0 saturated carbocycles. The number of amides is 2. The lowest BCUT2D eigenvalue weighted by Crippen LogP contribution is -2.45. The lowest BCUT2D eigenvalue weighted by atomic mass is 10.1. The minimum Gasteiger partial charge on any atom is -0.497 e. The van der Waals surface area contributed by atoms with Crippen LogP contribution in [0.15, 0.2) is 41.3 Å². The molecule has 2 heterocycles. The second-order valence-corrected chi connectivity index (χ2v) is 10.1. The number of fused-ring (bicyclic) bond motifs is 1. The van der Waals surface area contributed by atoms with Crippen LogP contribution in [0.25, 0.3) is 0 Å². The van der Waals surface area contributed by atoms with Gasteiger partial charge in [0, 0.05) is 19.2 Å². The van der Waals surface area contributed by atoms with Crippen molar-refractivity contribution < 1.29 is 27.5 Å². The van der Waals surface area contributed by atoms with Gasteiger partial charge in [0.2, 0.25) is 15.9 Å². The van der Waals surface area contributed by atoms with Crippen LogP contribution in [0.1, 0.15) is 30.9 Å². The SMILES string of the molecule is COc1cccc(CNC(=O)C2CCCN2S(=O)(=O)c2cc3c(cc2C)NC(=O)C(C)O3)c1. The number of benzene rings is 2. The Morgan fingerprint density at radius 2 is 2.09 bits per heavy atom. The highest BCUT2D eigenvalue weighted by atomic mass is 32.2. The number of methoxy groups -OCH3 is 1. The van der Waals surface area contributed by atoms with Crippen LogP contribution in [0.4, 0.5) is 5.69 Å². The summed E-state index contributed by atoms with van der Waals surface area (Å²) in [5, 5.41) is 5.57. The van der Waals surface area contributed by atoms with Gasteiger partial charge >= 0.3 is 0 Å². The fraction of sp³-hybridized carbons (Fsp3) is 0.391. The highest BCUT2D eigenvalue weighted by Crippen LogP contribution is 2.37. The van der Waals surface area contributed by atoms with Crippen LogP contribution in [0.5, 0.6) is 11.5 Å². The number of anilines is 1. The van der Waals surface area contributed by atoms with Crippen LogP contribution in [0, 0.1) is 6.92 Å². The largest absolute Gasteiger partial charge is 0.497 e. The van der Waals surface area contributed by atoms with Crippen LogP contribution in [-0.4, -0.2) is 50.3 Å². The highest BCUT2D eigenvalue weighted by molar-refractivity contribution is 7.89. The van der Waals surface area contributed by atoms with E-state index in [1.807, 2.05) is 24.3 Å². The summed E-state index contributed by atoms with van der Waals surface area (Å²) < 4.78 is 39.1.